The van der Waals surface area contributed by atoms with E-state index in [1.54, 1.807) is 22.8 Å². The summed E-state index contributed by atoms with van der Waals surface area (Å²) in [6, 6.07) is 11.8. The van der Waals surface area contributed by atoms with E-state index in [1.807, 2.05) is 19.1 Å². The van der Waals surface area contributed by atoms with Gasteiger partial charge in [-0.15, -0.1) is 11.6 Å². The minimum Gasteiger partial charge on any atom is -0.293 e. The zero-order valence-corrected chi connectivity index (χ0v) is 12.2. The average molecular weight is 309 g/mol. The Balaban J connectivity index is 2.40. The fourth-order valence-electron chi connectivity index (χ4n) is 2.25. The summed E-state index contributed by atoms with van der Waals surface area (Å²) in [7, 11) is 0. The Morgan fingerprint density at radius 1 is 1.20 bits per heavy atom. The third-order valence-electron chi connectivity index (χ3n) is 3.08. The van der Waals surface area contributed by atoms with Gasteiger partial charge in [-0.3, -0.25) is 4.57 Å². The van der Waals surface area contributed by atoms with Gasteiger partial charge in [0, 0.05) is 0 Å². The predicted octanol–water partition coefficient (Wildman–Crippen LogP) is 5.12. The first-order chi connectivity index (χ1) is 9.58. The van der Waals surface area contributed by atoms with Crippen molar-refractivity contribution in [2.24, 2.45) is 0 Å². The van der Waals surface area contributed by atoms with Crippen LogP contribution in [-0.4, -0.2) is 9.55 Å². The molecule has 0 bridgehead atoms. The SMILES string of the molecule is CC(Cl)c1nc2cccc(Cl)c2n1-c1cccc(F)c1. The number of benzene rings is 2. The molecule has 0 aliphatic carbocycles. The van der Waals surface area contributed by atoms with Crippen molar-refractivity contribution >= 4 is 34.2 Å². The van der Waals surface area contributed by atoms with Gasteiger partial charge >= 0.3 is 0 Å². The molecule has 0 radical (unpaired) electrons. The molecule has 1 atom stereocenters. The van der Waals surface area contributed by atoms with Crippen molar-refractivity contribution in [1.82, 2.24) is 9.55 Å². The number of nitrogens with zero attached hydrogens (tertiary/aromatic N) is 2. The number of halogens is 3. The summed E-state index contributed by atoms with van der Waals surface area (Å²) in [5, 5.41) is 0.240. The lowest BCUT2D eigenvalue weighted by Crippen LogP contribution is -2.02. The van der Waals surface area contributed by atoms with Crippen molar-refractivity contribution in [3.05, 3.63) is 59.1 Å². The van der Waals surface area contributed by atoms with E-state index in [1.165, 1.54) is 12.1 Å². The fraction of sp³-hybridized carbons (Fsp3) is 0.133. The lowest BCUT2D eigenvalue weighted by molar-refractivity contribution is 0.626. The van der Waals surface area contributed by atoms with Crippen LogP contribution in [0.2, 0.25) is 5.02 Å². The average Bonchev–Trinajstić information content (AvgIpc) is 2.80. The number of para-hydroxylation sites is 1. The van der Waals surface area contributed by atoms with E-state index < -0.39 is 0 Å². The molecule has 0 saturated heterocycles. The van der Waals surface area contributed by atoms with Crippen LogP contribution in [-0.2, 0) is 0 Å². The second-order valence-corrected chi connectivity index (χ2v) is 5.57. The maximum atomic E-state index is 13.5. The van der Waals surface area contributed by atoms with E-state index in [9.17, 15) is 4.39 Å². The van der Waals surface area contributed by atoms with Gasteiger partial charge in [-0.2, -0.15) is 0 Å². The van der Waals surface area contributed by atoms with E-state index in [2.05, 4.69) is 4.98 Å². The van der Waals surface area contributed by atoms with Gasteiger partial charge in [0.15, 0.2) is 0 Å². The lowest BCUT2D eigenvalue weighted by atomic mass is 10.2. The molecule has 0 aliphatic heterocycles. The molecule has 20 heavy (non-hydrogen) atoms. The first-order valence-electron chi connectivity index (χ1n) is 6.15. The van der Waals surface area contributed by atoms with Crippen molar-refractivity contribution in [3.8, 4) is 5.69 Å². The Morgan fingerprint density at radius 3 is 2.65 bits per heavy atom. The molecule has 1 aromatic heterocycles. The highest BCUT2D eigenvalue weighted by atomic mass is 35.5. The van der Waals surface area contributed by atoms with Gasteiger partial charge in [0.25, 0.3) is 0 Å². The highest BCUT2D eigenvalue weighted by Crippen LogP contribution is 2.32. The molecule has 0 aliphatic rings. The number of imidazole rings is 1. The normalized spacial score (nSPS) is 12.8. The standard InChI is InChI=1S/C15H11Cl2FN2/c1-9(16)15-19-13-7-3-6-12(17)14(13)20(15)11-5-2-4-10(18)8-11/h2-9H,1H3. The van der Waals surface area contributed by atoms with Crippen LogP contribution in [0.25, 0.3) is 16.7 Å². The molecule has 3 aromatic rings. The molecule has 0 spiro atoms. The number of aromatic nitrogens is 2. The Bertz CT molecular complexity index is 781. The molecule has 0 fully saturated rings. The van der Waals surface area contributed by atoms with Gasteiger partial charge in [0.2, 0.25) is 0 Å². The molecular formula is C15H11Cl2FN2. The largest absolute Gasteiger partial charge is 0.293 e. The maximum Gasteiger partial charge on any atom is 0.132 e. The summed E-state index contributed by atoms with van der Waals surface area (Å²) in [6.07, 6.45) is 0. The minimum absolute atomic E-state index is 0.315. The Labute approximate surface area is 125 Å². The monoisotopic (exact) mass is 308 g/mol. The summed E-state index contributed by atoms with van der Waals surface area (Å²) in [5.74, 6) is 0.324. The van der Waals surface area contributed by atoms with Crippen LogP contribution in [0, 0.1) is 5.82 Å². The Kier molecular flexibility index (Phi) is 3.40. The predicted molar refractivity (Wildman–Crippen MR) is 80.3 cm³/mol. The molecule has 0 saturated carbocycles. The molecule has 1 unspecified atom stereocenters. The highest BCUT2D eigenvalue weighted by molar-refractivity contribution is 6.35. The number of hydrogen-bond acceptors (Lipinski definition) is 1. The van der Waals surface area contributed by atoms with Crippen LogP contribution >= 0.6 is 23.2 Å². The minimum atomic E-state index is -0.318. The first kappa shape index (κ1) is 13.4. The second kappa shape index (κ2) is 5.08. The number of alkyl halides is 1. The van der Waals surface area contributed by atoms with Gasteiger partial charge in [-0.1, -0.05) is 23.7 Å². The molecule has 2 nitrogen and oxygen atoms in total. The van der Waals surface area contributed by atoms with E-state index in [0.717, 1.165) is 11.0 Å². The number of hydrogen-bond donors (Lipinski definition) is 0. The molecule has 5 heteroatoms. The van der Waals surface area contributed by atoms with Crippen LogP contribution in [0.3, 0.4) is 0 Å². The molecule has 2 aromatic carbocycles. The Morgan fingerprint density at radius 2 is 1.95 bits per heavy atom. The van der Waals surface area contributed by atoms with E-state index in [-0.39, 0.29) is 11.2 Å². The first-order valence-corrected chi connectivity index (χ1v) is 6.96. The molecular weight excluding hydrogens is 298 g/mol. The second-order valence-electron chi connectivity index (χ2n) is 4.51. The third-order valence-corrected chi connectivity index (χ3v) is 3.58. The van der Waals surface area contributed by atoms with Crippen LogP contribution in [0.4, 0.5) is 4.39 Å². The van der Waals surface area contributed by atoms with Crippen LogP contribution in [0.5, 0.6) is 0 Å². The summed E-state index contributed by atoms with van der Waals surface area (Å²) >= 11 is 12.5. The molecule has 102 valence electrons. The van der Waals surface area contributed by atoms with Gasteiger partial charge in [0.1, 0.15) is 11.6 Å². The fourth-order valence-corrected chi connectivity index (χ4v) is 2.65. The smallest absolute Gasteiger partial charge is 0.132 e. The zero-order valence-electron chi connectivity index (χ0n) is 10.6. The number of fused-ring (bicyclic) bond motifs is 1. The topological polar surface area (TPSA) is 17.8 Å². The van der Waals surface area contributed by atoms with E-state index in [0.29, 0.717) is 16.5 Å². The molecule has 3 rings (SSSR count). The van der Waals surface area contributed by atoms with Crippen molar-refractivity contribution in [2.75, 3.05) is 0 Å². The lowest BCUT2D eigenvalue weighted by Gasteiger charge is -2.11. The van der Waals surface area contributed by atoms with Gasteiger partial charge < -0.3 is 0 Å². The summed E-state index contributed by atoms with van der Waals surface area (Å²) in [4.78, 5) is 4.50. The van der Waals surface area contributed by atoms with Crippen molar-refractivity contribution < 1.29 is 4.39 Å². The summed E-state index contributed by atoms with van der Waals surface area (Å²) < 4.78 is 15.3. The van der Waals surface area contributed by atoms with E-state index in [4.69, 9.17) is 23.2 Å². The molecule has 1 heterocycles. The quantitative estimate of drug-likeness (QED) is 0.601. The van der Waals surface area contributed by atoms with Crippen LogP contribution in [0.1, 0.15) is 18.1 Å². The van der Waals surface area contributed by atoms with Crippen molar-refractivity contribution in [2.45, 2.75) is 12.3 Å². The summed E-state index contributed by atoms with van der Waals surface area (Å²) in [5.41, 5.74) is 2.13. The van der Waals surface area contributed by atoms with Gasteiger partial charge in [-0.25, -0.2) is 9.37 Å². The van der Waals surface area contributed by atoms with Crippen LogP contribution < -0.4 is 0 Å². The van der Waals surface area contributed by atoms with E-state index >= 15 is 0 Å². The highest BCUT2D eigenvalue weighted by Gasteiger charge is 2.18. The summed E-state index contributed by atoms with van der Waals surface area (Å²) in [6.45, 7) is 1.83. The molecule has 0 amide bonds. The molecule has 0 N–H and O–H groups in total. The number of rotatable bonds is 2. The van der Waals surface area contributed by atoms with Crippen molar-refractivity contribution in [1.29, 1.82) is 0 Å². The third kappa shape index (κ3) is 2.17. The van der Waals surface area contributed by atoms with Crippen molar-refractivity contribution in [3.63, 3.8) is 0 Å². The maximum absolute atomic E-state index is 13.5. The Hall–Kier alpha value is -1.58. The zero-order chi connectivity index (χ0) is 14.3. The van der Waals surface area contributed by atoms with Gasteiger partial charge in [-0.05, 0) is 37.3 Å². The van der Waals surface area contributed by atoms with Gasteiger partial charge in [0.05, 0.1) is 27.1 Å². The van der Waals surface area contributed by atoms with Crippen LogP contribution in [0.15, 0.2) is 42.5 Å².